The Morgan fingerprint density at radius 3 is 2.57 bits per heavy atom. The molecule has 0 bridgehead atoms. The molecule has 0 spiro atoms. The minimum absolute atomic E-state index is 0.170. The molecule has 6 aromatic rings. The van der Waals surface area contributed by atoms with Crippen LogP contribution in [0.1, 0.15) is 15.9 Å². The SMILES string of the molecule is Cc1ccc2nc(-c3ccc(NC(=O)c4ccc(-n5nncc5-c5cccs5)cc4)cc3)sc2c1. The van der Waals surface area contributed by atoms with Crippen LogP contribution in [0.3, 0.4) is 0 Å². The highest BCUT2D eigenvalue weighted by Gasteiger charge is 2.12. The molecule has 0 aliphatic rings. The third kappa shape index (κ3) is 4.25. The minimum Gasteiger partial charge on any atom is -0.322 e. The maximum atomic E-state index is 12.8. The molecule has 3 aromatic heterocycles. The van der Waals surface area contributed by atoms with Gasteiger partial charge in [-0.05, 0) is 84.6 Å². The normalized spacial score (nSPS) is 11.1. The average molecular weight is 494 g/mol. The number of anilines is 1. The molecular formula is C27H19N5OS2. The Balaban J connectivity index is 1.17. The van der Waals surface area contributed by atoms with E-state index in [1.807, 2.05) is 53.9 Å². The van der Waals surface area contributed by atoms with Crippen molar-refractivity contribution in [2.24, 2.45) is 0 Å². The molecule has 0 radical (unpaired) electrons. The van der Waals surface area contributed by atoms with Crippen molar-refractivity contribution in [1.29, 1.82) is 0 Å². The second kappa shape index (κ2) is 8.90. The van der Waals surface area contributed by atoms with E-state index in [4.69, 9.17) is 4.98 Å². The van der Waals surface area contributed by atoms with Crippen LogP contribution in [0.4, 0.5) is 5.69 Å². The van der Waals surface area contributed by atoms with Crippen molar-refractivity contribution in [1.82, 2.24) is 20.0 Å². The first-order chi connectivity index (χ1) is 17.1. The van der Waals surface area contributed by atoms with E-state index in [9.17, 15) is 4.79 Å². The van der Waals surface area contributed by atoms with Gasteiger partial charge in [-0.2, -0.15) is 0 Å². The van der Waals surface area contributed by atoms with Gasteiger partial charge in [-0.15, -0.1) is 27.8 Å². The number of carbonyl (C=O) groups is 1. The third-order valence-corrected chi connectivity index (χ3v) is 7.59. The van der Waals surface area contributed by atoms with Crippen molar-refractivity contribution in [2.45, 2.75) is 6.92 Å². The van der Waals surface area contributed by atoms with E-state index in [-0.39, 0.29) is 5.91 Å². The molecule has 0 aliphatic carbocycles. The number of amides is 1. The zero-order valence-electron chi connectivity index (χ0n) is 18.7. The molecule has 0 saturated heterocycles. The molecule has 0 fully saturated rings. The number of aryl methyl sites for hydroxylation is 1. The number of hydrogen-bond donors (Lipinski definition) is 1. The highest BCUT2D eigenvalue weighted by Crippen LogP contribution is 2.31. The van der Waals surface area contributed by atoms with Crippen molar-refractivity contribution in [3.05, 3.63) is 102 Å². The summed E-state index contributed by atoms with van der Waals surface area (Å²) in [7, 11) is 0. The Kier molecular flexibility index (Phi) is 5.44. The first-order valence-electron chi connectivity index (χ1n) is 11.0. The molecule has 1 amide bonds. The molecule has 6 rings (SSSR count). The first-order valence-corrected chi connectivity index (χ1v) is 12.7. The smallest absolute Gasteiger partial charge is 0.255 e. The second-order valence-electron chi connectivity index (χ2n) is 8.08. The van der Waals surface area contributed by atoms with E-state index in [0.29, 0.717) is 5.56 Å². The fourth-order valence-electron chi connectivity index (χ4n) is 3.83. The lowest BCUT2D eigenvalue weighted by molar-refractivity contribution is 0.102. The van der Waals surface area contributed by atoms with Crippen LogP contribution in [-0.4, -0.2) is 25.9 Å². The number of thiazole rings is 1. The van der Waals surface area contributed by atoms with E-state index in [0.717, 1.165) is 38.0 Å². The van der Waals surface area contributed by atoms with Gasteiger partial charge in [0.25, 0.3) is 5.91 Å². The predicted molar refractivity (Wildman–Crippen MR) is 142 cm³/mol. The second-order valence-corrected chi connectivity index (χ2v) is 10.1. The number of nitrogens with one attached hydrogen (secondary N) is 1. The average Bonchev–Trinajstić information content (AvgIpc) is 3.64. The zero-order chi connectivity index (χ0) is 23.8. The summed E-state index contributed by atoms with van der Waals surface area (Å²) in [5, 5.41) is 14.2. The molecule has 3 heterocycles. The molecule has 3 aromatic carbocycles. The van der Waals surface area contributed by atoms with Crippen molar-refractivity contribution in [3.63, 3.8) is 0 Å². The summed E-state index contributed by atoms with van der Waals surface area (Å²) in [4.78, 5) is 18.6. The largest absolute Gasteiger partial charge is 0.322 e. The van der Waals surface area contributed by atoms with Crippen LogP contribution >= 0.6 is 22.7 Å². The highest BCUT2D eigenvalue weighted by atomic mass is 32.1. The van der Waals surface area contributed by atoms with Gasteiger partial charge >= 0.3 is 0 Å². The summed E-state index contributed by atoms with van der Waals surface area (Å²) in [5.74, 6) is -0.170. The van der Waals surface area contributed by atoms with E-state index in [1.54, 1.807) is 45.7 Å². The number of aromatic nitrogens is 4. The van der Waals surface area contributed by atoms with E-state index in [2.05, 4.69) is 40.8 Å². The monoisotopic (exact) mass is 493 g/mol. The standard InChI is InChI=1S/C27H19N5OS2/c1-17-4-13-22-25(15-17)35-27(30-22)19-5-9-20(10-6-19)29-26(33)18-7-11-21(12-8-18)32-23(16-28-31-32)24-3-2-14-34-24/h2-16H,1H3,(H,29,33). The number of thiophene rings is 1. The summed E-state index contributed by atoms with van der Waals surface area (Å²) in [5.41, 5.74) is 6.32. The molecule has 0 saturated carbocycles. The Morgan fingerprint density at radius 1 is 0.971 bits per heavy atom. The number of nitrogens with zero attached hydrogens (tertiary/aromatic N) is 4. The third-order valence-electron chi connectivity index (χ3n) is 5.63. The summed E-state index contributed by atoms with van der Waals surface area (Å²) in [6.07, 6.45) is 1.74. The van der Waals surface area contributed by atoms with Crippen molar-refractivity contribution < 1.29 is 4.79 Å². The van der Waals surface area contributed by atoms with Gasteiger partial charge in [0.15, 0.2) is 0 Å². The van der Waals surface area contributed by atoms with Gasteiger partial charge < -0.3 is 5.32 Å². The highest BCUT2D eigenvalue weighted by molar-refractivity contribution is 7.21. The van der Waals surface area contributed by atoms with Gasteiger partial charge in [0.05, 0.1) is 27.0 Å². The van der Waals surface area contributed by atoms with Gasteiger partial charge in [-0.1, -0.05) is 17.3 Å². The fraction of sp³-hybridized carbons (Fsp3) is 0.0370. The number of carbonyl (C=O) groups excluding carboxylic acids is 1. The lowest BCUT2D eigenvalue weighted by Crippen LogP contribution is -2.12. The Morgan fingerprint density at radius 2 is 1.80 bits per heavy atom. The molecule has 0 unspecified atom stereocenters. The van der Waals surface area contributed by atoms with Crippen molar-refractivity contribution in [2.75, 3.05) is 5.32 Å². The minimum atomic E-state index is -0.170. The van der Waals surface area contributed by atoms with Crippen LogP contribution in [0.15, 0.2) is 90.4 Å². The number of rotatable bonds is 5. The van der Waals surface area contributed by atoms with Crippen LogP contribution in [-0.2, 0) is 0 Å². The molecular weight excluding hydrogens is 474 g/mol. The van der Waals surface area contributed by atoms with E-state index >= 15 is 0 Å². The maximum absolute atomic E-state index is 12.8. The van der Waals surface area contributed by atoms with Gasteiger partial charge in [0.2, 0.25) is 0 Å². The number of fused-ring (bicyclic) bond motifs is 1. The molecule has 8 heteroatoms. The van der Waals surface area contributed by atoms with Gasteiger partial charge in [-0.3, -0.25) is 4.79 Å². The number of benzene rings is 3. The van der Waals surface area contributed by atoms with Gasteiger partial charge in [-0.25, -0.2) is 9.67 Å². The summed E-state index contributed by atoms with van der Waals surface area (Å²) >= 11 is 3.30. The van der Waals surface area contributed by atoms with Crippen molar-refractivity contribution >= 4 is 44.5 Å². The van der Waals surface area contributed by atoms with Gasteiger partial charge in [0, 0.05) is 16.8 Å². The summed E-state index contributed by atoms with van der Waals surface area (Å²) in [6, 6.07) is 25.4. The maximum Gasteiger partial charge on any atom is 0.255 e. The molecule has 0 atom stereocenters. The van der Waals surface area contributed by atoms with Gasteiger partial charge in [0.1, 0.15) is 10.7 Å². The summed E-state index contributed by atoms with van der Waals surface area (Å²) in [6.45, 7) is 2.08. The van der Waals surface area contributed by atoms with Crippen molar-refractivity contribution in [3.8, 4) is 26.8 Å². The van der Waals surface area contributed by atoms with Crippen LogP contribution in [0, 0.1) is 6.92 Å². The summed E-state index contributed by atoms with van der Waals surface area (Å²) < 4.78 is 2.95. The lowest BCUT2D eigenvalue weighted by atomic mass is 10.1. The van der Waals surface area contributed by atoms with Crippen LogP contribution in [0.2, 0.25) is 0 Å². The molecule has 0 aliphatic heterocycles. The van der Waals surface area contributed by atoms with E-state index in [1.165, 1.54) is 10.3 Å². The molecule has 170 valence electrons. The molecule has 1 N–H and O–H groups in total. The Bertz CT molecular complexity index is 1630. The van der Waals surface area contributed by atoms with E-state index < -0.39 is 0 Å². The Labute approximate surface area is 209 Å². The zero-order valence-corrected chi connectivity index (χ0v) is 20.3. The van der Waals surface area contributed by atoms with Crippen LogP contribution < -0.4 is 5.32 Å². The Hall–Kier alpha value is -4.14. The lowest BCUT2D eigenvalue weighted by Gasteiger charge is -2.08. The van der Waals surface area contributed by atoms with Crippen LogP contribution in [0.25, 0.3) is 37.0 Å². The molecule has 35 heavy (non-hydrogen) atoms. The molecule has 6 nitrogen and oxygen atoms in total. The topological polar surface area (TPSA) is 72.7 Å². The fourth-order valence-corrected chi connectivity index (χ4v) is 5.62. The number of hydrogen-bond acceptors (Lipinski definition) is 6. The first kappa shape index (κ1) is 21.4. The van der Waals surface area contributed by atoms with Crippen LogP contribution in [0.5, 0.6) is 0 Å². The predicted octanol–water partition coefficient (Wildman–Crippen LogP) is 6.83. The quantitative estimate of drug-likeness (QED) is 0.286.